The first kappa shape index (κ1) is 11.0. The van der Waals surface area contributed by atoms with Crippen LogP contribution >= 0.6 is 0 Å². The van der Waals surface area contributed by atoms with Crippen LogP contribution in [0.3, 0.4) is 0 Å². The molecule has 17 heavy (non-hydrogen) atoms. The van der Waals surface area contributed by atoms with Crippen LogP contribution in [0.2, 0.25) is 0 Å². The van der Waals surface area contributed by atoms with Crippen molar-refractivity contribution < 1.29 is 0 Å². The minimum Gasteiger partial charge on any atom is -0.357 e. The third-order valence-corrected chi connectivity index (χ3v) is 3.77. The zero-order chi connectivity index (χ0) is 11.7. The van der Waals surface area contributed by atoms with Crippen LogP contribution in [0.15, 0.2) is 6.07 Å². The summed E-state index contributed by atoms with van der Waals surface area (Å²) in [5.41, 5.74) is 1.21. The predicted molar refractivity (Wildman–Crippen MR) is 69.4 cm³/mol. The van der Waals surface area contributed by atoms with Crippen LogP contribution in [0.4, 0.5) is 5.82 Å². The highest BCUT2D eigenvalue weighted by Gasteiger charge is 2.27. The highest BCUT2D eigenvalue weighted by molar-refractivity contribution is 5.41. The van der Waals surface area contributed by atoms with Crippen molar-refractivity contribution in [1.82, 2.24) is 9.97 Å². The highest BCUT2D eigenvalue weighted by atomic mass is 15.2. The van der Waals surface area contributed by atoms with Crippen LogP contribution in [-0.4, -0.2) is 23.1 Å². The molecule has 1 aromatic heterocycles. The molecule has 2 fully saturated rings. The summed E-state index contributed by atoms with van der Waals surface area (Å²) in [4.78, 5) is 11.9. The molecule has 3 heteroatoms. The maximum Gasteiger partial charge on any atom is 0.134 e. The summed E-state index contributed by atoms with van der Waals surface area (Å²) in [5.74, 6) is 2.94. The van der Waals surface area contributed by atoms with E-state index in [0.29, 0.717) is 5.92 Å². The second-order valence-electron chi connectivity index (χ2n) is 5.25. The number of nitrogens with zero attached hydrogens (tertiary/aromatic N) is 3. The summed E-state index contributed by atoms with van der Waals surface area (Å²) < 4.78 is 0. The van der Waals surface area contributed by atoms with E-state index < -0.39 is 0 Å². The van der Waals surface area contributed by atoms with Gasteiger partial charge in [-0.2, -0.15) is 0 Å². The van der Waals surface area contributed by atoms with Crippen molar-refractivity contribution in [2.75, 3.05) is 18.0 Å². The summed E-state index contributed by atoms with van der Waals surface area (Å²) in [6.07, 6.45) is 7.58. The quantitative estimate of drug-likeness (QED) is 0.801. The number of hydrogen-bond donors (Lipinski definition) is 0. The number of anilines is 1. The summed E-state index contributed by atoms with van der Waals surface area (Å²) in [5, 5.41) is 0. The van der Waals surface area contributed by atoms with Crippen LogP contribution in [-0.2, 0) is 6.42 Å². The van der Waals surface area contributed by atoms with Gasteiger partial charge in [0, 0.05) is 30.8 Å². The molecule has 0 radical (unpaired) electrons. The van der Waals surface area contributed by atoms with Crippen molar-refractivity contribution in [2.45, 2.75) is 51.4 Å². The molecule has 3 rings (SSSR count). The van der Waals surface area contributed by atoms with Crippen molar-refractivity contribution in [2.24, 2.45) is 0 Å². The molecule has 92 valence electrons. The number of aryl methyl sites for hydroxylation is 1. The molecule has 1 aromatic rings. The van der Waals surface area contributed by atoms with E-state index in [1.807, 2.05) is 0 Å². The van der Waals surface area contributed by atoms with Crippen LogP contribution in [0, 0.1) is 0 Å². The number of aromatic nitrogens is 2. The third-order valence-electron chi connectivity index (χ3n) is 3.77. The molecule has 1 aliphatic carbocycles. The Balaban J connectivity index is 1.88. The fourth-order valence-corrected chi connectivity index (χ4v) is 2.49. The van der Waals surface area contributed by atoms with Gasteiger partial charge in [0.25, 0.3) is 0 Å². The lowest BCUT2D eigenvalue weighted by atomic mass is 10.1. The number of hydrogen-bond acceptors (Lipinski definition) is 3. The van der Waals surface area contributed by atoms with E-state index in [1.54, 1.807) is 0 Å². The van der Waals surface area contributed by atoms with Crippen LogP contribution in [0.5, 0.6) is 0 Å². The van der Waals surface area contributed by atoms with Crippen molar-refractivity contribution in [3.8, 4) is 0 Å². The maximum atomic E-state index is 4.78. The van der Waals surface area contributed by atoms with Crippen LogP contribution in [0.1, 0.15) is 56.5 Å². The van der Waals surface area contributed by atoms with Gasteiger partial charge in [0.2, 0.25) is 0 Å². The molecular weight excluding hydrogens is 210 g/mol. The number of rotatable bonds is 3. The molecule has 0 atom stereocenters. The summed E-state index contributed by atoms with van der Waals surface area (Å²) in [6.45, 7) is 4.52. The molecule has 2 heterocycles. The van der Waals surface area contributed by atoms with E-state index in [4.69, 9.17) is 4.98 Å². The topological polar surface area (TPSA) is 29.0 Å². The largest absolute Gasteiger partial charge is 0.357 e. The van der Waals surface area contributed by atoms with E-state index >= 15 is 0 Å². The molecule has 1 saturated heterocycles. The SMILES string of the molecule is CCc1cc(N2CCCCC2)nc(C2CC2)n1. The van der Waals surface area contributed by atoms with Gasteiger partial charge in [-0.25, -0.2) is 9.97 Å². The first-order chi connectivity index (χ1) is 8.36. The molecule has 0 bridgehead atoms. The molecule has 0 unspecified atom stereocenters. The Labute approximate surface area is 103 Å². The Morgan fingerprint density at radius 3 is 2.59 bits per heavy atom. The zero-order valence-electron chi connectivity index (χ0n) is 10.7. The smallest absolute Gasteiger partial charge is 0.134 e. The zero-order valence-corrected chi connectivity index (χ0v) is 10.7. The standard InChI is InChI=1S/C14H21N3/c1-2-12-10-13(17-8-4-3-5-9-17)16-14(15-12)11-6-7-11/h10-11H,2-9H2,1H3. The molecule has 0 amide bonds. The molecule has 0 spiro atoms. The van der Waals surface area contributed by atoms with Crippen LogP contribution < -0.4 is 4.90 Å². The Morgan fingerprint density at radius 1 is 1.18 bits per heavy atom. The normalized spacial score (nSPS) is 20.6. The maximum absolute atomic E-state index is 4.78. The Morgan fingerprint density at radius 2 is 1.94 bits per heavy atom. The van der Waals surface area contributed by atoms with Crippen molar-refractivity contribution in [1.29, 1.82) is 0 Å². The van der Waals surface area contributed by atoms with Gasteiger partial charge in [0.15, 0.2) is 0 Å². The van der Waals surface area contributed by atoms with E-state index in [0.717, 1.165) is 12.2 Å². The Bertz CT molecular complexity index is 392. The minimum atomic E-state index is 0.657. The second kappa shape index (κ2) is 4.63. The van der Waals surface area contributed by atoms with Gasteiger partial charge >= 0.3 is 0 Å². The fourth-order valence-electron chi connectivity index (χ4n) is 2.49. The van der Waals surface area contributed by atoms with Crippen molar-refractivity contribution in [3.63, 3.8) is 0 Å². The summed E-state index contributed by atoms with van der Waals surface area (Å²) in [7, 11) is 0. The third kappa shape index (κ3) is 2.43. The van der Waals surface area contributed by atoms with E-state index in [9.17, 15) is 0 Å². The van der Waals surface area contributed by atoms with Gasteiger partial charge in [0.1, 0.15) is 11.6 Å². The molecular formula is C14H21N3. The van der Waals surface area contributed by atoms with Gasteiger partial charge in [-0.15, -0.1) is 0 Å². The summed E-state index contributed by atoms with van der Waals surface area (Å²) >= 11 is 0. The van der Waals surface area contributed by atoms with Gasteiger partial charge < -0.3 is 4.90 Å². The highest BCUT2D eigenvalue weighted by Crippen LogP contribution is 2.38. The first-order valence-electron chi connectivity index (χ1n) is 6.99. The minimum absolute atomic E-state index is 0.657. The lowest BCUT2D eigenvalue weighted by Gasteiger charge is -2.28. The first-order valence-corrected chi connectivity index (χ1v) is 6.99. The molecule has 1 saturated carbocycles. The van der Waals surface area contributed by atoms with E-state index in [-0.39, 0.29) is 0 Å². The predicted octanol–water partition coefficient (Wildman–Crippen LogP) is 2.91. The number of piperidine rings is 1. The van der Waals surface area contributed by atoms with Gasteiger partial charge in [-0.1, -0.05) is 6.92 Å². The monoisotopic (exact) mass is 231 g/mol. The average molecular weight is 231 g/mol. The van der Waals surface area contributed by atoms with Gasteiger partial charge in [-0.05, 0) is 38.5 Å². The van der Waals surface area contributed by atoms with Crippen LogP contribution in [0.25, 0.3) is 0 Å². The van der Waals surface area contributed by atoms with E-state index in [1.165, 1.54) is 56.7 Å². The lowest BCUT2D eigenvalue weighted by Crippen LogP contribution is -2.30. The Kier molecular flexibility index (Phi) is 3.00. The van der Waals surface area contributed by atoms with Gasteiger partial charge in [0.05, 0.1) is 0 Å². The molecule has 0 N–H and O–H groups in total. The molecule has 1 aliphatic heterocycles. The van der Waals surface area contributed by atoms with Gasteiger partial charge in [-0.3, -0.25) is 0 Å². The average Bonchev–Trinajstić information content (AvgIpc) is 3.23. The fraction of sp³-hybridized carbons (Fsp3) is 0.714. The second-order valence-corrected chi connectivity index (χ2v) is 5.25. The van der Waals surface area contributed by atoms with Crippen molar-refractivity contribution in [3.05, 3.63) is 17.6 Å². The molecule has 2 aliphatic rings. The Hall–Kier alpha value is -1.12. The van der Waals surface area contributed by atoms with Crippen molar-refractivity contribution >= 4 is 5.82 Å². The van der Waals surface area contributed by atoms with E-state index in [2.05, 4.69) is 22.9 Å². The molecule has 0 aromatic carbocycles. The molecule has 3 nitrogen and oxygen atoms in total. The lowest BCUT2D eigenvalue weighted by molar-refractivity contribution is 0.571. The summed E-state index contributed by atoms with van der Waals surface area (Å²) in [6, 6.07) is 2.19.